The van der Waals surface area contributed by atoms with E-state index in [1.807, 2.05) is 17.4 Å². The fourth-order valence-electron chi connectivity index (χ4n) is 7.27. The zero-order valence-corrected chi connectivity index (χ0v) is 26.2. The predicted molar refractivity (Wildman–Crippen MR) is 200 cm³/mol. The van der Waals surface area contributed by atoms with Crippen LogP contribution in [0.25, 0.3) is 92.2 Å². The Hall–Kier alpha value is -5.90. The van der Waals surface area contributed by atoms with Crippen molar-refractivity contribution in [2.24, 2.45) is 0 Å². The molecule has 0 saturated heterocycles. The molecule has 0 N–H and O–H groups in total. The number of benzene rings is 7. The van der Waals surface area contributed by atoms with Gasteiger partial charge in [0.2, 0.25) is 0 Å². The first kappa shape index (κ1) is 26.3. The third kappa shape index (κ3) is 4.04. The summed E-state index contributed by atoms with van der Waals surface area (Å²) in [6.45, 7) is 0. The van der Waals surface area contributed by atoms with E-state index in [2.05, 4.69) is 162 Å². The van der Waals surface area contributed by atoms with Gasteiger partial charge >= 0.3 is 0 Å². The molecule has 0 aliphatic heterocycles. The molecule has 3 heteroatoms. The highest BCUT2D eigenvalue weighted by Gasteiger charge is 2.19. The summed E-state index contributed by atoms with van der Waals surface area (Å²) >= 11 is 1.88. The van der Waals surface area contributed by atoms with Crippen LogP contribution < -0.4 is 0 Å². The first-order valence-corrected chi connectivity index (χ1v) is 16.7. The van der Waals surface area contributed by atoms with Crippen molar-refractivity contribution in [1.82, 2.24) is 4.57 Å². The number of furan rings is 1. The lowest BCUT2D eigenvalue weighted by molar-refractivity contribution is 0.670. The molecule has 3 aromatic heterocycles. The maximum Gasteiger partial charge on any atom is 0.143 e. The fraction of sp³-hybridized carbons (Fsp3) is 0. The number of hydrogen-bond donors (Lipinski definition) is 0. The minimum absolute atomic E-state index is 0.908. The van der Waals surface area contributed by atoms with Crippen LogP contribution in [0.2, 0.25) is 0 Å². The van der Waals surface area contributed by atoms with Gasteiger partial charge in [0.25, 0.3) is 0 Å². The lowest BCUT2D eigenvalue weighted by atomic mass is 9.95. The van der Waals surface area contributed by atoms with Crippen LogP contribution in [0.1, 0.15) is 0 Å². The highest BCUT2D eigenvalue weighted by Crippen LogP contribution is 2.44. The Morgan fingerprint density at radius 3 is 1.98 bits per heavy atom. The maximum atomic E-state index is 6.52. The van der Waals surface area contributed by atoms with E-state index in [1.165, 1.54) is 59.1 Å². The Balaban J connectivity index is 1.10. The van der Waals surface area contributed by atoms with Crippen LogP contribution in [0.5, 0.6) is 0 Å². The molecule has 0 spiro atoms. The van der Waals surface area contributed by atoms with Crippen molar-refractivity contribution >= 4 is 64.5 Å². The van der Waals surface area contributed by atoms with Crippen LogP contribution in [0.15, 0.2) is 168 Å². The molecular formula is C44H27NOS. The van der Waals surface area contributed by atoms with Gasteiger partial charge in [-0.3, -0.25) is 0 Å². The monoisotopic (exact) mass is 617 g/mol. The largest absolute Gasteiger partial charge is 0.455 e. The number of para-hydroxylation sites is 3. The summed E-state index contributed by atoms with van der Waals surface area (Å²) < 4.78 is 11.6. The minimum atomic E-state index is 0.908. The molecule has 0 fully saturated rings. The van der Waals surface area contributed by atoms with Gasteiger partial charge in [0, 0.05) is 37.5 Å². The van der Waals surface area contributed by atoms with Crippen molar-refractivity contribution in [3.05, 3.63) is 164 Å². The van der Waals surface area contributed by atoms with Crippen molar-refractivity contribution < 1.29 is 4.42 Å². The lowest BCUT2D eigenvalue weighted by Gasteiger charge is -2.09. The van der Waals surface area contributed by atoms with Crippen LogP contribution in [0, 0.1) is 0 Å². The molecule has 220 valence electrons. The second-order valence-corrected chi connectivity index (χ2v) is 13.1. The molecule has 2 nitrogen and oxygen atoms in total. The molecule has 0 aliphatic carbocycles. The van der Waals surface area contributed by atoms with Gasteiger partial charge in [-0.15, -0.1) is 11.3 Å². The summed E-state index contributed by atoms with van der Waals surface area (Å²) in [6, 6.07) is 58.7. The van der Waals surface area contributed by atoms with E-state index in [0.717, 1.165) is 33.1 Å². The zero-order chi connectivity index (χ0) is 30.9. The Labute approximate surface area is 275 Å². The Kier molecular flexibility index (Phi) is 5.78. The molecule has 7 aromatic carbocycles. The normalized spacial score (nSPS) is 11.8. The van der Waals surface area contributed by atoms with Gasteiger partial charge in [-0.1, -0.05) is 127 Å². The van der Waals surface area contributed by atoms with Crippen molar-refractivity contribution in [3.63, 3.8) is 0 Å². The standard InChI is InChI=1S/C44H27NOS/c1-3-11-29(12-4-1)34-17-9-18-36-41-33(16-10-20-39(41)46-43(34)36)30-23-21-28(22-24-30)31-25-26-40-37(27-31)42-44(47-40)35-15-7-8-19-38(35)45(42)32-13-5-2-6-14-32/h1-27H. The predicted octanol–water partition coefficient (Wildman–Crippen LogP) is 12.9. The van der Waals surface area contributed by atoms with Gasteiger partial charge in [0.05, 0.1) is 15.7 Å². The second kappa shape index (κ2) is 10.3. The van der Waals surface area contributed by atoms with Gasteiger partial charge in [0.1, 0.15) is 11.2 Å². The molecule has 10 rings (SSSR count). The summed E-state index contributed by atoms with van der Waals surface area (Å²) in [7, 11) is 0. The molecule has 10 aromatic rings. The lowest BCUT2D eigenvalue weighted by Crippen LogP contribution is -1.92. The molecule has 0 unspecified atom stereocenters. The van der Waals surface area contributed by atoms with E-state index in [9.17, 15) is 0 Å². The summed E-state index contributed by atoms with van der Waals surface area (Å²) in [5.41, 5.74) is 12.6. The first-order chi connectivity index (χ1) is 23.3. The average Bonchev–Trinajstić information content (AvgIpc) is 3.81. The second-order valence-electron chi connectivity index (χ2n) is 12.1. The third-order valence-electron chi connectivity index (χ3n) is 9.43. The molecule has 47 heavy (non-hydrogen) atoms. The summed E-state index contributed by atoms with van der Waals surface area (Å²) in [5.74, 6) is 0. The van der Waals surface area contributed by atoms with Gasteiger partial charge in [-0.2, -0.15) is 0 Å². The van der Waals surface area contributed by atoms with E-state index in [4.69, 9.17) is 4.42 Å². The van der Waals surface area contributed by atoms with Crippen LogP contribution >= 0.6 is 11.3 Å². The quantitative estimate of drug-likeness (QED) is 0.192. The maximum absolute atomic E-state index is 6.52. The number of hydrogen-bond acceptors (Lipinski definition) is 2. The van der Waals surface area contributed by atoms with Crippen LogP contribution in [0.4, 0.5) is 0 Å². The summed E-state index contributed by atoms with van der Waals surface area (Å²) in [5, 5.41) is 4.89. The van der Waals surface area contributed by atoms with Crippen molar-refractivity contribution in [1.29, 1.82) is 0 Å². The molecule has 0 aliphatic rings. The summed E-state index contributed by atoms with van der Waals surface area (Å²) in [6.07, 6.45) is 0. The number of aromatic nitrogens is 1. The minimum Gasteiger partial charge on any atom is -0.455 e. The molecule has 0 saturated carbocycles. The highest BCUT2D eigenvalue weighted by atomic mass is 32.1. The third-order valence-corrected chi connectivity index (χ3v) is 10.6. The molecular weight excluding hydrogens is 591 g/mol. The van der Waals surface area contributed by atoms with E-state index in [0.29, 0.717) is 0 Å². The van der Waals surface area contributed by atoms with Crippen LogP contribution in [0.3, 0.4) is 0 Å². The fourth-order valence-corrected chi connectivity index (χ4v) is 8.47. The van der Waals surface area contributed by atoms with Gasteiger partial charge in [-0.05, 0) is 64.2 Å². The number of nitrogens with zero attached hydrogens (tertiary/aromatic N) is 1. The highest BCUT2D eigenvalue weighted by molar-refractivity contribution is 7.26. The van der Waals surface area contributed by atoms with Gasteiger partial charge in [0.15, 0.2) is 0 Å². The summed E-state index contributed by atoms with van der Waals surface area (Å²) in [4.78, 5) is 0. The first-order valence-electron chi connectivity index (χ1n) is 15.9. The number of fused-ring (bicyclic) bond motifs is 8. The molecule has 0 atom stereocenters. The van der Waals surface area contributed by atoms with Gasteiger partial charge < -0.3 is 8.98 Å². The Bertz CT molecular complexity index is 2770. The molecule has 3 heterocycles. The van der Waals surface area contributed by atoms with E-state index < -0.39 is 0 Å². The molecule has 0 radical (unpaired) electrons. The smallest absolute Gasteiger partial charge is 0.143 e. The Morgan fingerprint density at radius 2 is 1.13 bits per heavy atom. The van der Waals surface area contributed by atoms with E-state index >= 15 is 0 Å². The van der Waals surface area contributed by atoms with Crippen LogP contribution in [-0.2, 0) is 0 Å². The Morgan fingerprint density at radius 1 is 0.468 bits per heavy atom. The topological polar surface area (TPSA) is 18.1 Å². The van der Waals surface area contributed by atoms with Crippen molar-refractivity contribution in [2.45, 2.75) is 0 Å². The SMILES string of the molecule is c1ccc(-c2cccc3c2oc2cccc(-c4ccc(-c5ccc6sc7c8ccccc8n(-c8ccccc8)c7c6c5)cc4)c23)cc1. The zero-order valence-electron chi connectivity index (χ0n) is 25.4. The average molecular weight is 618 g/mol. The van der Waals surface area contributed by atoms with E-state index in [-0.39, 0.29) is 0 Å². The number of rotatable bonds is 4. The van der Waals surface area contributed by atoms with E-state index in [1.54, 1.807) is 0 Å². The molecule has 0 amide bonds. The van der Waals surface area contributed by atoms with Crippen molar-refractivity contribution in [2.75, 3.05) is 0 Å². The molecule has 0 bridgehead atoms. The number of thiophene rings is 1. The van der Waals surface area contributed by atoms with Gasteiger partial charge in [-0.25, -0.2) is 0 Å². The van der Waals surface area contributed by atoms with Crippen molar-refractivity contribution in [3.8, 4) is 39.1 Å². The van der Waals surface area contributed by atoms with Crippen LogP contribution in [-0.4, -0.2) is 4.57 Å².